The Bertz CT molecular complexity index is 430. The van der Waals surface area contributed by atoms with E-state index in [2.05, 4.69) is 6.07 Å². The van der Waals surface area contributed by atoms with Gasteiger partial charge in [0.25, 0.3) is 0 Å². The van der Waals surface area contributed by atoms with Crippen LogP contribution in [0.1, 0.15) is 32.1 Å². The molecule has 0 N–H and O–H groups in total. The summed E-state index contributed by atoms with van der Waals surface area (Å²) in [6.07, 6.45) is 5.42. The third-order valence-electron chi connectivity index (χ3n) is 3.52. The molecule has 18 heavy (non-hydrogen) atoms. The second-order valence-electron chi connectivity index (χ2n) is 4.75. The number of nitrogens with zero attached hydrogens (tertiary/aromatic N) is 2. The van der Waals surface area contributed by atoms with Crippen molar-refractivity contribution in [2.24, 2.45) is 5.92 Å². The molecule has 1 aliphatic rings. The fraction of sp³-hybridized carbons (Fsp3) is 0.467. The van der Waals surface area contributed by atoms with E-state index in [1.54, 1.807) is 4.90 Å². The lowest BCUT2D eigenvalue weighted by Gasteiger charge is -2.27. The van der Waals surface area contributed by atoms with Gasteiger partial charge in [-0.2, -0.15) is 5.26 Å². The lowest BCUT2D eigenvalue weighted by molar-refractivity contribution is -0.123. The molecule has 0 heterocycles. The maximum atomic E-state index is 12.5. The molecule has 1 saturated carbocycles. The molecular weight excluding hydrogens is 224 g/mol. The molecule has 0 bridgehead atoms. The molecule has 1 amide bonds. The third-order valence-corrected chi connectivity index (χ3v) is 3.52. The van der Waals surface area contributed by atoms with Gasteiger partial charge < -0.3 is 0 Å². The monoisotopic (exact) mass is 242 g/mol. The SMILES string of the molecule is N#CCN(C(=O)C1CCCCC1)c1ccccc1. The Labute approximate surface area is 108 Å². The Morgan fingerprint density at radius 3 is 2.50 bits per heavy atom. The minimum Gasteiger partial charge on any atom is -0.298 e. The van der Waals surface area contributed by atoms with E-state index in [-0.39, 0.29) is 18.4 Å². The first-order chi connectivity index (χ1) is 8.83. The van der Waals surface area contributed by atoms with Crippen LogP contribution in [0.15, 0.2) is 30.3 Å². The Morgan fingerprint density at radius 1 is 1.22 bits per heavy atom. The van der Waals surface area contributed by atoms with E-state index in [0.717, 1.165) is 31.4 Å². The number of rotatable bonds is 3. The molecule has 94 valence electrons. The van der Waals surface area contributed by atoms with E-state index in [0.29, 0.717) is 0 Å². The molecule has 0 saturated heterocycles. The van der Waals surface area contributed by atoms with Crippen LogP contribution in [0.3, 0.4) is 0 Å². The summed E-state index contributed by atoms with van der Waals surface area (Å²) < 4.78 is 0. The van der Waals surface area contributed by atoms with Gasteiger partial charge in [0, 0.05) is 11.6 Å². The summed E-state index contributed by atoms with van der Waals surface area (Å²) in [5, 5.41) is 8.90. The highest BCUT2D eigenvalue weighted by Gasteiger charge is 2.26. The molecule has 2 rings (SSSR count). The van der Waals surface area contributed by atoms with Crippen molar-refractivity contribution in [3.05, 3.63) is 30.3 Å². The summed E-state index contributed by atoms with van der Waals surface area (Å²) in [6, 6.07) is 11.6. The van der Waals surface area contributed by atoms with Crippen LogP contribution < -0.4 is 4.90 Å². The highest BCUT2D eigenvalue weighted by molar-refractivity contribution is 5.95. The molecule has 0 aliphatic heterocycles. The highest BCUT2D eigenvalue weighted by atomic mass is 16.2. The quantitative estimate of drug-likeness (QED) is 0.764. The smallest absolute Gasteiger partial charge is 0.231 e. The first kappa shape index (κ1) is 12.6. The first-order valence-corrected chi connectivity index (χ1v) is 6.56. The van der Waals surface area contributed by atoms with E-state index in [4.69, 9.17) is 5.26 Å². The molecule has 0 radical (unpaired) electrons. The number of carbonyl (C=O) groups is 1. The van der Waals surface area contributed by atoms with Gasteiger partial charge in [0.05, 0.1) is 6.07 Å². The molecule has 1 aromatic rings. The lowest BCUT2D eigenvalue weighted by atomic mass is 9.88. The van der Waals surface area contributed by atoms with Crippen LogP contribution in [0.5, 0.6) is 0 Å². The number of nitriles is 1. The lowest BCUT2D eigenvalue weighted by Crippen LogP contribution is -2.37. The molecule has 3 heteroatoms. The number of amides is 1. The standard InChI is InChI=1S/C15H18N2O/c16-11-12-17(14-9-5-2-6-10-14)15(18)13-7-3-1-4-8-13/h2,5-6,9-10,13H,1,3-4,7-8,12H2. The van der Waals surface area contributed by atoms with Crippen molar-refractivity contribution in [2.75, 3.05) is 11.4 Å². The topological polar surface area (TPSA) is 44.1 Å². The van der Waals surface area contributed by atoms with Crippen LogP contribution in [0, 0.1) is 17.2 Å². The number of anilines is 1. The summed E-state index contributed by atoms with van der Waals surface area (Å²) in [5.41, 5.74) is 0.828. The molecule has 3 nitrogen and oxygen atoms in total. The average Bonchev–Trinajstić information content (AvgIpc) is 2.46. The van der Waals surface area contributed by atoms with Crippen LogP contribution in [0.2, 0.25) is 0 Å². The number of carbonyl (C=O) groups excluding carboxylic acids is 1. The van der Waals surface area contributed by atoms with E-state index in [9.17, 15) is 4.79 Å². The van der Waals surface area contributed by atoms with Crippen molar-refractivity contribution >= 4 is 11.6 Å². The number of benzene rings is 1. The van der Waals surface area contributed by atoms with Gasteiger partial charge in [-0.25, -0.2) is 0 Å². The summed E-state index contributed by atoms with van der Waals surface area (Å²) in [4.78, 5) is 14.1. The van der Waals surface area contributed by atoms with Gasteiger partial charge in [-0.1, -0.05) is 37.5 Å². The van der Waals surface area contributed by atoms with Crippen LogP contribution in [-0.2, 0) is 4.79 Å². The first-order valence-electron chi connectivity index (χ1n) is 6.56. The molecule has 0 aromatic heterocycles. The van der Waals surface area contributed by atoms with E-state index in [1.165, 1.54) is 6.42 Å². The molecule has 0 spiro atoms. The predicted octanol–water partition coefficient (Wildman–Crippen LogP) is 3.12. The van der Waals surface area contributed by atoms with Crippen molar-refractivity contribution in [3.8, 4) is 6.07 Å². The van der Waals surface area contributed by atoms with Crippen LogP contribution in [0.25, 0.3) is 0 Å². The van der Waals surface area contributed by atoms with Crippen LogP contribution >= 0.6 is 0 Å². The Morgan fingerprint density at radius 2 is 1.89 bits per heavy atom. The number of hydrogen-bond acceptors (Lipinski definition) is 2. The van der Waals surface area contributed by atoms with Crippen molar-refractivity contribution in [3.63, 3.8) is 0 Å². The van der Waals surface area contributed by atoms with Gasteiger partial charge in [-0.3, -0.25) is 9.69 Å². The Hall–Kier alpha value is -1.82. The Balaban J connectivity index is 2.14. The molecule has 0 atom stereocenters. The normalized spacial score (nSPS) is 15.9. The maximum Gasteiger partial charge on any atom is 0.231 e. The molecule has 1 aliphatic carbocycles. The van der Waals surface area contributed by atoms with Crippen molar-refractivity contribution in [1.82, 2.24) is 0 Å². The van der Waals surface area contributed by atoms with Crippen molar-refractivity contribution in [2.45, 2.75) is 32.1 Å². The summed E-state index contributed by atoms with van der Waals surface area (Å²) in [5.74, 6) is 0.217. The summed E-state index contributed by atoms with van der Waals surface area (Å²) in [7, 11) is 0. The fourth-order valence-corrected chi connectivity index (χ4v) is 2.55. The van der Waals surface area contributed by atoms with E-state index in [1.807, 2.05) is 30.3 Å². The van der Waals surface area contributed by atoms with E-state index < -0.39 is 0 Å². The second-order valence-corrected chi connectivity index (χ2v) is 4.75. The van der Waals surface area contributed by atoms with Gasteiger partial charge in [-0.15, -0.1) is 0 Å². The minimum atomic E-state index is 0.104. The molecule has 1 aromatic carbocycles. The van der Waals surface area contributed by atoms with Gasteiger partial charge in [0.1, 0.15) is 6.54 Å². The highest BCUT2D eigenvalue weighted by Crippen LogP contribution is 2.27. The minimum absolute atomic E-state index is 0.104. The third kappa shape index (κ3) is 2.89. The number of para-hydroxylation sites is 1. The van der Waals surface area contributed by atoms with Gasteiger partial charge >= 0.3 is 0 Å². The zero-order valence-corrected chi connectivity index (χ0v) is 10.5. The summed E-state index contributed by atoms with van der Waals surface area (Å²) >= 11 is 0. The summed E-state index contributed by atoms with van der Waals surface area (Å²) in [6.45, 7) is 0.138. The zero-order valence-electron chi connectivity index (χ0n) is 10.5. The largest absolute Gasteiger partial charge is 0.298 e. The van der Waals surface area contributed by atoms with E-state index >= 15 is 0 Å². The van der Waals surface area contributed by atoms with Gasteiger partial charge in [-0.05, 0) is 25.0 Å². The Kier molecular flexibility index (Phi) is 4.35. The van der Waals surface area contributed by atoms with Crippen molar-refractivity contribution in [1.29, 1.82) is 5.26 Å². The van der Waals surface area contributed by atoms with Crippen molar-refractivity contribution < 1.29 is 4.79 Å². The van der Waals surface area contributed by atoms with Crippen LogP contribution in [0.4, 0.5) is 5.69 Å². The second kappa shape index (κ2) is 6.20. The molecule has 0 unspecified atom stereocenters. The average molecular weight is 242 g/mol. The maximum absolute atomic E-state index is 12.5. The van der Waals surface area contributed by atoms with Gasteiger partial charge in [0.2, 0.25) is 5.91 Å². The fourth-order valence-electron chi connectivity index (χ4n) is 2.55. The van der Waals surface area contributed by atoms with Crippen LogP contribution in [-0.4, -0.2) is 12.5 Å². The van der Waals surface area contributed by atoms with Gasteiger partial charge in [0.15, 0.2) is 0 Å². The predicted molar refractivity (Wildman–Crippen MR) is 71.0 cm³/mol. The molecule has 1 fully saturated rings. The number of hydrogen-bond donors (Lipinski definition) is 0. The zero-order chi connectivity index (χ0) is 12.8. The molecular formula is C15H18N2O.